The number of nitrogens with two attached hydrogens (primary N) is 1. The van der Waals surface area contributed by atoms with Crippen LogP contribution in [0.4, 0.5) is 0 Å². The van der Waals surface area contributed by atoms with Gasteiger partial charge in [-0.2, -0.15) is 0 Å². The van der Waals surface area contributed by atoms with Crippen LogP contribution < -0.4 is 5.73 Å². The number of rotatable bonds is 1. The second-order valence-corrected chi connectivity index (χ2v) is 1.25. The number of hydrogen-bond acceptors (Lipinski definition) is 2. The molecule has 0 heterocycles. The van der Waals surface area contributed by atoms with E-state index in [0.717, 1.165) is 0 Å². The highest BCUT2D eigenvalue weighted by Crippen LogP contribution is 1.71. The molecule has 0 aromatic rings. The summed E-state index contributed by atoms with van der Waals surface area (Å²) in [4.78, 5) is 10.1. The molecule has 40 valence electrons. The summed E-state index contributed by atoms with van der Waals surface area (Å²) in [5, 5.41) is 0. The fourth-order valence-electron chi connectivity index (χ4n) is 0.131. The van der Waals surface area contributed by atoms with E-state index >= 15 is 0 Å². The van der Waals surface area contributed by atoms with E-state index < -0.39 is 12.0 Å². The molecule has 0 aliphatic rings. The summed E-state index contributed by atoms with van der Waals surface area (Å²) < 4.78 is 4.00. The predicted molar refractivity (Wildman–Crippen MR) is 25.8 cm³/mol. The summed E-state index contributed by atoms with van der Waals surface area (Å²) in [6.07, 6.45) is 0. The lowest BCUT2D eigenvalue weighted by Crippen LogP contribution is -2.26. The van der Waals surface area contributed by atoms with Crippen molar-refractivity contribution in [3.63, 3.8) is 0 Å². The zero-order chi connectivity index (χ0) is 5.86. The first-order valence-corrected chi connectivity index (χ1v) is 1.90. The fraction of sp³-hybridized carbons (Fsp3) is 0.500. The third-order valence-corrected chi connectivity index (χ3v) is 0.514. The minimum atomic E-state index is -0.558. The van der Waals surface area contributed by atoms with Gasteiger partial charge in [0.25, 0.3) is 0 Å². The van der Waals surface area contributed by atoms with Gasteiger partial charge in [0, 0.05) is 0 Å². The van der Waals surface area contributed by atoms with Crippen molar-refractivity contribution >= 4 is 12.8 Å². The lowest BCUT2D eigenvalue weighted by Gasteiger charge is -1.81. The molecule has 0 bridgehead atoms. The van der Waals surface area contributed by atoms with Gasteiger partial charge in [0.2, 0.25) is 0 Å². The van der Waals surface area contributed by atoms with Crippen LogP contribution >= 0.6 is 0 Å². The van der Waals surface area contributed by atoms with E-state index in [2.05, 4.69) is 11.2 Å². The van der Waals surface area contributed by atoms with Gasteiger partial charge in [-0.3, -0.25) is 4.42 Å². The largest absolute Gasteiger partial charge is 0.595 e. The molecule has 0 aliphatic carbocycles. The van der Waals surface area contributed by atoms with Crippen LogP contribution in [-0.2, 0) is 9.22 Å². The lowest BCUT2D eigenvalue weighted by molar-refractivity contribution is -0.370. The maximum atomic E-state index is 10.1. The van der Waals surface area contributed by atoms with E-state index in [1.807, 2.05) is 0 Å². The maximum absolute atomic E-state index is 10.1. The predicted octanol–water partition coefficient (Wildman–Crippen LogP) is -0.775. The molecule has 0 aromatic heterocycles. The van der Waals surface area contributed by atoms with Crippen molar-refractivity contribution in [2.75, 3.05) is 0 Å². The van der Waals surface area contributed by atoms with Crippen molar-refractivity contribution in [3.05, 3.63) is 0 Å². The molecule has 2 N–H and O–H groups in total. The van der Waals surface area contributed by atoms with E-state index in [1.54, 1.807) is 0 Å². The normalized spacial score (nSPS) is 12.9. The Labute approximate surface area is 41.8 Å². The molecule has 0 saturated heterocycles. The van der Waals surface area contributed by atoms with Crippen LogP contribution in [0, 0.1) is 0 Å². The molecule has 3 heteroatoms. The smallest absolute Gasteiger partial charge is 0.313 e. The molecule has 1 atom stereocenters. The summed E-state index contributed by atoms with van der Waals surface area (Å²) in [6, 6.07) is -0.558. The van der Waals surface area contributed by atoms with Crippen LogP contribution in [0.3, 0.4) is 0 Å². The molecule has 0 amide bonds. The molecule has 0 rings (SSSR count). The molecule has 7 heavy (non-hydrogen) atoms. The van der Waals surface area contributed by atoms with Gasteiger partial charge in [-0.05, 0) is 6.92 Å². The maximum Gasteiger partial charge on any atom is 0.595 e. The topological polar surface area (TPSA) is 54.4 Å². The molecule has 0 aromatic carbocycles. The van der Waals surface area contributed by atoms with Crippen molar-refractivity contribution in [2.45, 2.75) is 13.0 Å². The standard InChI is InChI=1S/C4H8NO2/c1-3(5)4(6)7-2/h3H,2,5H2,1H3/q+1/t3-/m0/s1. The summed E-state index contributed by atoms with van der Waals surface area (Å²) in [7, 11) is 0. The molecule has 3 nitrogen and oxygen atoms in total. The van der Waals surface area contributed by atoms with Gasteiger partial charge in [0.15, 0.2) is 12.8 Å². The Morgan fingerprint density at radius 3 is 2.43 bits per heavy atom. The minimum absolute atomic E-state index is 0.486. The second kappa shape index (κ2) is 2.47. The molecule has 0 unspecified atom stereocenters. The summed E-state index contributed by atoms with van der Waals surface area (Å²) >= 11 is 0. The van der Waals surface area contributed by atoms with Gasteiger partial charge in [0.05, 0.1) is 4.79 Å². The van der Waals surface area contributed by atoms with Gasteiger partial charge in [-0.15, -0.1) is 0 Å². The third-order valence-electron chi connectivity index (χ3n) is 0.514. The Morgan fingerprint density at radius 2 is 2.43 bits per heavy atom. The zero-order valence-electron chi connectivity index (χ0n) is 4.18. The molecular weight excluding hydrogens is 94.0 g/mol. The highest BCUT2D eigenvalue weighted by atomic mass is 16.4. The molecule has 0 spiro atoms. The quantitative estimate of drug-likeness (QED) is 0.442. The molecule has 0 aliphatic heterocycles. The molecule has 0 saturated carbocycles. The van der Waals surface area contributed by atoms with Crippen molar-refractivity contribution < 1.29 is 9.22 Å². The van der Waals surface area contributed by atoms with Crippen LogP contribution in [0.1, 0.15) is 6.92 Å². The van der Waals surface area contributed by atoms with Crippen molar-refractivity contribution in [2.24, 2.45) is 5.73 Å². The highest BCUT2D eigenvalue weighted by molar-refractivity contribution is 5.72. The fourth-order valence-corrected chi connectivity index (χ4v) is 0.131. The second-order valence-electron chi connectivity index (χ2n) is 1.25. The van der Waals surface area contributed by atoms with Crippen LogP contribution in [0.15, 0.2) is 0 Å². The SMILES string of the molecule is C=[O+]C(=O)[C@H](C)N. The van der Waals surface area contributed by atoms with E-state index in [-0.39, 0.29) is 0 Å². The van der Waals surface area contributed by atoms with Crippen LogP contribution in [0.2, 0.25) is 0 Å². The average Bonchev–Trinajstić information content (AvgIpc) is 1.65. The summed E-state index contributed by atoms with van der Waals surface area (Å²) in [5.41, 5.74) is 5.03. The van der Waals surface area contributed by atoms with Crippen molar-refractivity contribution in [1.82, 2.24) is 0 Å². The van der Waals surface area contributed by atoms with Crippen LogP contribution in [-0.4, -0.2) is 18.8 Å². The molecule has 0 radical (unpaired) electrons. The van der Waals surface area contributed by atoms with Gasteiger partial charge < -0.3 is 5.73 Å². The molecular formula is C4H8NO2+. The van der Waals surface area contributed by atoms with E-state index in [1.165, 1.54) is 6.92 Å². The Morgan fingerprint density at radius 1 is 2.00 bits per heavy atom. The summed E-state index contributed by atoms with van der Waals surface area (Å²) in [6.45, 7) is 4.41. The number of carbonyl (C=O) groups excluding carboxylic acids is 2. The Balaban J connectivity index is 3.56. The Bertz CT molecular complexity index is 87.7. The number of hydrogen-bond donors (Lipinski definition) is 1. The first-order chi connectivity index (χ1) is 3.18. The van der Waals surface area contributed by atoms with E-state index in [4.69, 9.17) is 5.73 Å². The van der Waals surface area contributed by atoms with E-state index in [0.29, 0.717) is 0 Å². The Kier molecular flexibility index (Phi) is 2.22. The van der Waals surface area contributed by atoms with Gasteiger partial charge in [0.1, 0.15) is 0 Å². The Hall–Kier alpha value is -0.700. The van der Waals surface area contributed by atoms with Gasteiger partial charge in [-0.1, -0.05) is 0 Å². The average molecular weight is 102 g/mol. The van der Waals surface area contributed by atoms with Crippen molar-refractivity contribution in [3.8, 4) is 0 Å². The van der Waals surface area contributed by atoms with Crippen LogP contribution in [0.5, 0.6) is 0 Å². The first-order valence-electron chi connectivity index (χ1n) is 1.90. The molecule has 0 fully saturated rings. The van der Waals surface area contributed by atoms with Gasteiger partial charge >= 0.3 is 5.97 Å². The van der Waals surface area contributed by atoms with E-state index in [9.17, 15) is 4.79 Å². The minimum Gasteiger partial charge on any atom is -0.313 e. The third kappa shape index (κ3) is 2.05. The zero-order valence-corrected chi connectivity index (χ0v) is 4.18. The van der Waals surface area contributed by atoms with Gasteiger partial charge in [-0.25, -0.2) is 0 Å². The van der Waals surface area contributed by atoms with Crippen molar-refractivity contribution in [1.29, 1.82) is 0 Å². The number of carbonyl (C=O) groups is 1. The monoisotopic (exact) mass is 102 g/mol. The highest BCUT2D eigenvalue weighted by Gasteiger charge is 2.17. The van der Waals surface area contributed by atoms with Crippen LogP contribution in [0.25, 0.3) is 0 Å². The lowest BCUT2D eigenvalue weighted by atomic mass is 10.4. The first kappa shape index (κ1) is 6.30. The summed E-state index contributed by atoms with van der Waals surface area (Å²) in [5.74, 6) is -0.486.